The standard InChI is InChI=1S/C14H18N6O/c15-13-12(16-5-6-17-13)8-10-2-1-7-20(9-10)14(21)11-3-4-18-19-11/h3-6,10H,1-2,7-9H2,(H2,15,17)(H,18,19)/t10-/m0/s1. The predicted molar refractivity (Wildman–Crippen MR) is 77.4 cm³/mol. The van der Waals surface area contributed by atoms with Crippen LogP contribution in [0.25, 0.3) is 0 Å². The Hall–Kier alpha value is -2.44. The molecule has 1 aliphatic rings. The number of aromatic nitrogens is 4. The van der Waals surface area contributed by atoms with E-state index in [0.29, 0.717) is 24.0 Å². The van der Waals surface area contributed by atoms with Gasteiger partial charge in [0.25, 0.3) is 5.91 Å². The molecule has 1 aliphatic heterocycles. The van der Waals surface area contributed by atoms with Gasteiger partial charge in [0.05, 0.1) is 5.69 Å². The first-order valence-corrected chi connectivity index (χ1v) is 7.08. The lowest BCUT2D eigenvalue weighted by molar-refractivity contribution is 0.0667. The first-order valence-electron chi connectivity index (χ1n) is 7.08. The quantitative estimate of drug-likeness (QED) is 0.872. The van der Waals surface area contributed by atoms with Gasteiger partial charge in [-0.15, -0.1) is 0 Å². The monoisotopic (exact) mass is 286 g/mol. The van der Waals surface area contributed by atoms with Crippen LogP contribution < -0.4 is 5.73 Å². The number of hydrogen-bond donors (Lipinski definition) is 2. The van der Waals surface area contributed by atoms with Crippen molar-refractivity contribution in [2.45, 2.75) is 19.3 Å². The fourth-order valence-corrected chi connectivity index (χ4v) is 2.77. The van der Waals surface area contributed by atoms with Gasteiger partial charge in [-0.2, -0.15) is 5.10 Å². The van der Waals surface area contributed by atoms with Crippen LogP contribution in [0, 0.1) is 5.92 Å². The second kappa shape index (κ2) is 5.90. The Labute approximate surface area is 122 Å². The van der Waals surface area contributed by atoms with E-state index in [1.807, 2.05) is 4.90 Å². The smallest absolute Gasteiger partial charge is 0.271 e. The van der Waals surface area contributed by atoms with Gasteiger partial charge in [0.1, 0.15) is 11.5 Å². The first-order chi connectivity index (χ1) is 10.2. The van der Waals surface area contributed by atoms with Crippen LogP contribution in [0.3, 0.4) is 0 Å². The Morgan fingerprint density at radius 3 is 3.00 bits per heavy atom. The Kier molecular flexibility index (Phi) is 3.81. The van der Waals surface area contributed by atoms with Gasteiger partial charge in [0.15, 0.2) is 0 Å². The van der Waals surface area contributed by atoms with Crippen molar-refractivity contribution in [1.29, 1.82) is 0 Å². The molecule has 3 rings (SSSR count). The lowest BCUT2D eigenvalue weighted by Gasteiger charge is -2.32. The zero-order valence-corrected chi connectivity index (χ0v) is 11.7. The highest BCUT2D eigenvalue weighted by Crippen LogP contribution is 2.22. The second-order valence-corrected chi connectivity index (χ2v) is 5.32. The predicted octanol–water partition coefficient (Wildman–Crippen LogP) is 0.877. The van der Waals surface area contributed by atoms with Crippen molar-refractivity contribution in [2.75, 3.05) is 18.8 Å². The Bertz CT molecular complexity index is 612. The van der Waals surface area contributed by atoms with Gasteiger partial charge < -0.3 is 10.6 Å². The van der Waals surface area contributed by atoms with E-state index in [-0.39, 0.29) is 5.91 Å². The number of piperidine rings is 1. The number of amides is 1. The number of anilines is 1. The number of nitrogens with two attached hydrogens (primary N) is 1. The number of aromatic amines is 1. The average molecular weight is 286 g/mol. The molecule has 0 spiro atoms. The molecular formula is C14H18N6O. The maximum Gasteiger partial charge on any atom is 0.271 e. The topological polar surface area (TPSA) is 101 Å². The van der Waals surface area contributed by atoms with E-state index < -0.39 is 0 Å². The van der Waals surface area contributed by atoms with Crippen molar-refractivity contribution < 1.29 is 4.79 Å². The molecule has 110 valence electrons. The van der Waals surface area contributed by atoms with Crippen LogP contribution >= 0.6 is 0 Å². The number of rotatable bonds is 3. The van der Waals surface area contributed by atoms with E-state index in [1.54, 1.807) is 24.7 Å². The Balaban J connectivity index is 1.66. The zero-order chi connectivity index (χ0) is 14.7. The summed E-state index contributed by atoms with van der Waals surface area (Å²) in [5, 5.41) is 6.55. The van der Waals surface area contributed by atoms with Crippen LogP contribution in [0.2, 0.25) is 0 Å². The molecule has 7 nitrogen and oxygen atoms in total. The van der Waals surface area contributed by atoms with Crippen molar-refractivity contribution in [3.63, 3.8) is 0 Å². The molecule has 1 atom stereocenters. The molecular weight excluding hydrogens is 268 g/mol. The molecule has 0 bridgehead atoms. The summed E-state index contributed by atoms with van der Waals surface area (Å²) in [5.74, 6) is 0.850. The normalized spacial score (nSPS) is 18.7. The minimum Gasteiger partial charge on any atom is -0.382 e. The van der Waals surface area contributed by atoms with Gasteiger partial charge in [-0.25, -0.2) is 4.98 Å². The van der Waals surface area contributed by atoms with E-state index in [1.165, 1.54) is 0 Å². The molecule has 3 heterocycles. The van der Waals surface area contributed by atoms with E-state index >= 15 is 0 Å². The summed E-state index contributed by atoms with van der Waals surface area (Å²) in [5.41, 5.74) is 7.20. The number of H-pyrrole nitrogens is 1. The Morgan fingerprint density at radius 1 is 1.38 bits per heavy atom. The second-order valence-electron chi connectivity index (χ2n) is 5.32. The van der Waals surface area contributed by atoms with Gasteiger partial charge in [-0.1, -0.05) is 0 Å². The van der Waals surface area contributed by atoms with Gasteiger partial charge in [-0.05, 0) is 31.2 Å². The molecule has 1 saturated heterocycles. The van der Waals surface area contributed by atoms with E-state index in [2.05, 4.69) is 20.2 Å². The van der Waals surface area contributed by atoms with Gasteiger partial charge in [-0.3, -0.25) is 14.9 Å². The number of carbonyl (C=O) groups is 1. The van der Waals surface area contributed by atoms with E-state index in [0.717, 1.165) is 31.5 Å². The molecule has 0 saturated carbocycles. The van der Waals surface area contributed by atoms with Crippen LogP contribution in [0.4, 0.5) is 5.82 Å². The molecule has 2 aromatic rings. The number of nitrogen functional groups attached to an aromatic ring is 1. The molecule has 1 amide bonds. The first kappa shape index (κ1) is 13.5. The SMILES string of the molecule is Nc1nccnc1C[C@@H]1CCCN(C(=O)c2ccn[nH]2)C1. The maximum atomic E-state index is 12.3. The van der Waals surface area contributed by atoms with Crippen molar-refractivity contribution in [2.24, 2.45) is 5.92 Å². The van der Waals surface area contributed by atoms with Gasteiger partial charge >= 0.3 is 0 Å². The fraction of sp³-hybridized carbons (Fsp3) is 0.429. The molecule has 0 radical (unpaired) electrons. The largest absolute Gasteiger partial charge is 0.382 e. The molecule has 2 aromatic heterocycles. The zero-order valence-electron chi connectivity index (χ0n) is 11.7. The fourth-order valence-electron chi connectivity index (χ4n) is 2.77. The van der Waals surface area contributed by atoms with Crippen molar-refractivity contribution >= 4 is 11.7 Å². The molecule has 0 unspecified atom stereocenters. The van der Waals surface area contributed by atoms with Crippen LogP contribution in [0.1, 0.15) is 29.0 Å². The third-order valence-electron chi connectivity index (χ3n) is 3.83. The number of nitrogens with one attached hydrogen (secondary N) is 1. The molecule has 3 N–H and O–H groups in total. The lowest BCUT2D eigenvalue weighted by Crippen LogP contribution is -2.40. The summed E-state index contributed by atoms with van der Waals surface area (Å²) < 4.78 is 0. The highest BCUT2D eigenvalue weighted by molar-refractivity contribution is 5.92. The van der Waals surface area contributed by atoms with E-state index in [4.69, 9.17) is 5.73 Å². The number of carbonyl (C=O) groups excluding carboxylic acids is 1. The lowest BCUT2D eigenvalue weighted by atomic mass is 9.93. The average Bonchev–Trinajstić information content (AvgIpc) is 3.03. The highest BCUT2D eigenvalue weighted by atomic mass is 16.2. The molecule has 21 heavy (non-hydrogen) atoms. The van der Waals surface area contributed by atoms with Crippen LogP contribution in [-0.4, -0.2) is 44.1 Å². The minimum absolute atomic E-state index is 0.00400. The molecule has 1 fully saturated rings. The molecule has 7 heteroatoms. The van der Waals surface area contributed by atoms with Crippen molar-refractivity contribution in [3.05, 3.63) is 36.0 Å². The number of hydrogen-bond acceptors (Lipinski definition) is 5. The van der Waals surface area contributed by atoms with Crippen molar-refractivity contribution in [3.8, 4) is 0 Å². The number of nitrogens with zero attached hydrogens (tertiary/aromatic N) is 4. The third kappa shape index (κ3) is 3.01. The molecule has 0 aliphatic carbocycles. The maximum absolute atomic E-state index is 12.3. The summed E-state index contributed by atoms with van der Waals surface area (Å²) in [7, 11) is 0. The summed E-state index contributed by atoms with van der Waals surface area (Å²) in [6.45, 7) is 1.50. The summed E-state index contributed by atoms with van der Waals surface area (Å²) in [6, 6.07) is 1.70. The van der Waals surface area contributed by atoms with Crippen LogP contribution in [0.5, 0.6) is 0 Å². The summed E-state index contributed by atoms with van der Waals surface area (Å²) >= 11 is 0. The van der Waals surface area contributed by atoms with Crippen LogP contribution in [0.15, 0.2) is 24.7 Å². The number of likely N-dealkylation sites (tertiary alicyclic amines) is 1. The van der Waals surface area contributed by atoms with Crippen LogP contribution in [-0.2, 0) is 6.42 Å². The van der Waals surface area contributed by atoms with Gasteiger partial charge in [0, 0.05) is 31.7 Å². The van der Waals surface area contributed by atoms with E-state index in [9.17, 15) is 4.79 Å². The Morgan fingerprint density at radius 2 is 2.24 bits per heavy atom. The summed E-state index contributed by atoms with van der Waals surface area (Å²) in [6.07, 6.45) is 7.66. The van der Waals surface area contributed by atoms with Gasteiger partial charge in [0.2, 0.25) is 0 Å². The summed E-state index contributed by atoms with van der Waals surface area (Å²) in [4.78, 5) is 22.5. The molecule has 0 aromatic carbocycles. The third-order valence-corrected chi connectivity index (χ3v) is 3.83. The highest BCUT2D eigenvalue weighted by Gasteiger charge is 2.26. The minimum atomic E-state index is 0.00400. The van der Waals surface area contributed by atoms with Crippen molar-refractivity contribution in [1.82, 2.24) is 25.1 Å².